The van der Waals surface area contributed by atoms with Crippen LogP contribution in [-0.2, 0) is 4.79 Å². The fraction of sp³-hybridized carbons (Fsp3) is 0.978. The van der Waals surface area contributed by atoms with Gasteiger partial charge < -0.3 is 15.5 Å². The normalized spacial score (nSPS) is 12.8. The van der Waals surface area contributed by atoms with Gasteiger partial charge in [-0.2, -0.15) is 0 Å². The standard InChI is InChI=1S/C46H93NO3/c1-3-5-7-9-11-13-15-17-19-21-22-23-24-26-28-30-32-34-36-38-40-42-46(50)47-44(43-48)45(49)41-39-37-35-33-31-29-27-25-20-18-16-14-12-10-8-6-4-2/h44-45,48-49H,3-43H2,1-2H3,(H,47,50)/t44-,45+/m0/s1. The molecule has 0 saturated heterocycles. The molecule has 50 heavy (non-hydrogen) atoms. The van der Waals surface area contributed by atoms with Crippen molar-refractivity contribution in [2.24, 2.45) is 0 Å². The van der Waals surface area contributed by atoms with Gasteiger partial charge in [0, 0.05) is 6.42 Å². The Morgan fingerprint density at radius 3 is 0.900 bits per heavy atom. The Balaban J connectivity index is 3.45. The maximum absolute atomic E-state index is 12.4. The van der Waals surface area contributed by atoms with E-state index in [1.807, 2.05) is 0 Å². The summed E-state index contributed by atoms with van der Waals surface area (Å²) >= 11 is 0. The number of hydrogen-bond acceptors (Lipinski definition) is 3. The van der Waals surface area contributed by atoms with Crippen LogP contribution in [0.2, 0.25) is 0 Å². The third-order valence-electron chi connectivity index (χ3n) is 11.1. The predicted octanol–water partition coefficient (Wildman–Crippen LogP) is 14.5. The van der Waals surface area contributed by atoms with E-state index < -0.39 is 12.1 Å². The van der Waals surface area contributed by atoms with E-state index in [4.69, 9.17) is 0 Å². The van der Waals surface area contributed by atoms with Gasteiger partial charge in [0.1, 0.15) is 0 Å². The zero-order valence-electron chi connectivity index (χ0n) is 34.4. The fourth-order valence-corrected chi connectivity index (χ4v) is 7.54. The second-order valence-electron chi connectivity index (χ2n) is 16.2. The molecule has 0 radical (unpaired) electrons. The molecule has 2 atom stereocenters. The number of aliphatic hydroxyl groups is 2. The molecule has 4 nitrogen and oxygen atoms in total. The van der Waals surface area contributed by atoms with Crippen LogP contribution in [0.25, 0.3) is 0 Å². The quantitative estimate of drug-likeness (QED) is 0.0553. The number of carbonyl (C=O) groups is 1. The third kappa shape index (κ3) is 38.6. The average Bonchev–Trinajstić information content (AvgIpc) is 3.12. The lowest BCUT2D eigenvalue weighted by atomic mass is 10.0. The number of rotatable bonds is 43. The minimum Gasteiger partial charge on any atom is -0.394 e. The van der Waals surface area contributed by atoms with Gasteiger partial charge in [-0.25, -0.2) is 0 Å². The number of aliphatic hydroxyl groups excluding tert-OH is 2. The molecule has 0 aromatic rings. The number of nitrogens with one attached hydrogen (secondary N) is 1. The van der Waals surface area contributed by atoms with Gasteiger partial charge >= 0.3 is 0 Å². The van der Waals surface area contributed by atoms with Gasteiger partial charge in [0.2, 0.25) is 5.91 Å². The molecule has 1 amide bonds. The molecule has 0 aliphatic heterocycles. The highest BCUT2D eigenvalue weighted by Crippen LogP contribution is 2.17. The molecule has 300 valence electrons. The summed E-state index contributed by atoms with van der Waals surface area (Å²) in [7, 11) is 0. The van der Waals surface area contributed by atoms with Crippen molar-refractivity contribution in [2.45, 2.75) is 283 Å². The Morgan fingerprint density at radius 2 is 0.640 bits per heavy atom. The maximum atomic E-state index is 12.4. The van der Waals surface area contributed by atoms with Crippen molar-refractivity contribution in [3.8, 4) is 0 Å². The van der Waals surface area contributed by atoms with Crippen molar-refractivity contribution in [1.29, 1.82) is 0 Å². The van der Waals surface area contributed by atoms with E-state index in [1.165, 1.54) is 218 Å². The largest absolute Gasteiger partial charge is 0.394 e. The molecule has 0 heterocycles. The molecule has 0 aliphatic rings. The van der Waals surface area contributed by atoms with Crippen LogP contribution < -0.4 is 5.32 Å². The van der Waals surface area contributed by atoms with Crippen LogP contribution in [0.4, 0.5) is 0 Å². The summed E-state index contributed by atoms with van der Waals surface area (Å²) < 4.78 is 0. The number of hydrogen-bond donors (Lipinski definition) is 3. The molecule has 4 heteroatoms. The summed E-state index contributed by atoms with van der Waals surface area (Å²) in [6.45, 7) is 4.39. The first-order chi connectivity index (χ1) is 24.7. The summed E-state index contributed by atoms with van der Waals surface area (Å²) in [6, 6.07) is -0.529. The summed E-state index contributed by atoms with van der Waals surface area (Å²) in [5.74, 6) is -0.0247. The minimum atomic E-state index is -0.653. The first-order valence-electron chi connectivity index (χ1n) is 23.2. The molecule has 3 N–H and O–H groups in total. The molecule has 0 fully saturated rings. The van der Waals surface area contributed by atoms with Gasteiger partial charge in [0.25, 0.3) is 0 Å². The van der Waals surface area contributed by atoms with E-state index in [2.05, 4.69) is 19.2 Å². The molecule has 0 aromatic heterocycles. The lowest BCUT2D eigenvalue weighted by Gasteiger charge is -2.22. The monoisotopic (exact) mass is 708 g/mol. The Kier molecular flexibility index (Phi) is 42.3. The highest BCUT2D eigenvalue weighted by Gasteiger charge is 2.20. The smallest absolute Gasteiger partial charge is 0.220 e. The van der Waals surface area contributed by atoms with Crippen LogP contribution in [0.3, 0.4) is 0 Å². The van der Waals surface area contributed by atoms with Gasteiger partial charge in [0.15, 0.2) is 0 Å². The lowest BCUT2D eigenvalue weighted by Crippen LogP contribution is -2.45. The van der Waals surface area contributed by atoms with Crippen molar-refractivity contribution >= 4 is 5.91 Å². The molecule has 0 unspecified atom stereocenters. The summed E-state index contributed by atoms with van der Waals surface area (Å²) in [5.41, 5.74) is 0. The van der Waals surface area contributed by atoms with Gasteiger partial charge in [-0.15, -0.1) is 0 Å². The topological polar surface area (TPSA) is 69.6 Å². The Bertz CT molecular complexity index is 641. The third-order valence-corrected chi connectivity index (χ3v) is 11.1. The summed E-state index contributed by atoms with van der Waals surface area (Å²) in [5, 5.41) is 23.2. The Morgan fingerprint density at radius 1 is 0.400 bits per heavy atom. The summed E-state index contributed by atoms with van der Waals surface area (Å²) in [6.07, 6.45) is 51.9. The van der Waals surface area contributed by atoms with Crippen LogP contribution in [0.15, 0.2) is 0 Å². The van der Waals surface area contributed by atoms with E-state index in [9.17, 15) is 15.0 Å². The number of unbranched alkanes of at least 4 members (excludes halogenated alkanes) is 36. The van der Waals surface area contributed by atoms with E-state index >= 15 is 0 Å². The zero-order chi connectivity index (χ0) is 36.4. The van der Waals surface area contributed by atoms with Crippen LogP contribution in [-0.4, -0.2) is 34.9 Å². The molecule has 0 saturated carbocycles. The SMILES string of the molecule is CCCCCCCCCCCCCCCCCCCCCCCC(=O)N[C@@H](CO)[C@H](O)CCCCCCCCCCCCCCCCCCC. The van der Waals surface area contributed by atoms with Crippen LogP contribution in [0.1, 0.15) is 271 Å². The molecule has 0 aromatic carbocycles. The van der Waals surface area contributed by atoms with Crippen molar-refractivity contribution in [2.75, 3.05) is 6.61 Å². The Hall–Kier alpha value is -0.610. The van der Waals surface area contributed by atoms with Gasteiger partial charge in [-0.05, 0) is 12.8 Å². The highest BCUT2D eigenvalue weighted by atomic mass is 16.3. The maximum Gasteiger partial charge on any atom is 0.220 e. The van der Waals surface area contributed by atoms with E-state index in [0.717, 1.165) is 25.7 Å². The first-order valence-corrected chi connectivity index (χ1v) is 23.2. The molecule has 0 aliphatic carbocycles. The zero-order valence-corrected chi connectivity index (χ0v) is 34.4. The molecule has 0 rings (SSSR count). The van der Waals surface area contributed by atoms with Crippen LogP contribution in [0, 0.1) is 0 Å². The van der Waals surface area contributed by atoms with Gasteiger partial charge in [0.05, 0.1) is 18.8 Å². The Labute approximate surface area is 314 Å². The highest BCUT2D eigenvalue weighted by molar-refractivity contribution is 5.76. The van der Waals surface area contributed by atoms with Crippen molar-refractivity contribution in [1.82, 2.24) is 5.32 Å². The van der Waals surface area contributed by atoms with E-state index in [-0.39, 0.29) is 12.5 Å². The van der Waals surface area contributed by atoms with Gasteiger partial charge in [-0.3, -0.25) is 4.79 Å². The number of amides is 1. The first kappa shape index (κ1) is 49.4. The molecular formula is C46H93NO3. The molecule has 0 bridgehead atoms. The van der Waals surface area contributed by atoms with E-state index in [1.54, 1.807) is 0 Å². The van der Waals surface area contributed by atoms with Crippen molar-refractivity contribution in [3.63, 3.8) is 0 Å². The van der Waals surface area contributed by atoms with Gasteiger partial charge in [-0.1, -0.05) is 251 Å². The second-order valence-corrected chi connectivity index (χ2v) is 16.2. The lowest BCUT2D eigenvalue weighted by molar-refractivity contribution is -0.123. The molecular weight excluding hydrogens is 615 g/mol. The fourth-order valence-electron chi connectivity index (χ4n) is 7.54. The van der Waals surface area contributed by atoms with Crippen molar-refractivity contribution < 1.29 is 15.0 Å². The molecule has 0 spiro atoms. The summed E-state index contributed by atoms with van der Waals surface area (Å²) in [4.78, 5) is 12.4. The average molecular weight is 708 g/mol. The minimum absolute atomic E-state index is 0.0247. The predicted molar refractivity (Wildman–Crippen MR) is 221 cm³/mol. The van der Waals surface area contributed by atoms with Crippen LogP contribution in [0.5, 0.6) is 0 Å². The van der Waals surface area contributed by atoms with E-state index in [0.29, 0.717) is 12.8 Å². The van der Waals surface area contributed by atoms with Crippen molar-refractivity contribution in [3.05, 3.63) is 0 Å². The second kappa shape index (κ2) is 42.8. The number of carbonyl (C=O) groups excluding carboxylic acids is 1. The van der Waals surface area contributed by atoms with Crippen LogP contribution >= 0.6 is 0 Å².